The molecule has 0 aliphatic carbocycles. The molecule has 0 N–H and O–H groups in total. The molecule has 0 saturated carbocycles. The van der Waals surface area contributed by atoms with Crippen molar-refractivity contribution in [1.29, 1.82) is 0 Å². The largest absolute Gasteiger partial charge is 0.333 e. The van der Waals surface area contributed by atoms with Crippen LogP contribution in [0.4, 0.5) is 0 Å². The Balaban J connectivity index is 1.31. The number of nitrogens with zero attached hydrogens (tertiary/aromatic N) is 3. The zero-order valence-electron chi connectivity index (χ0n) is 21.3. The molecule has 5 rings (SSSR count). The Morgan fingerprint density at radius 1 is 0.889 bits per heavy atom. The third-order valence-corrected chi connectivity index (χ3v) is 7.57. The molecule has 0 aromatic heterocycles. The maximum absolute atomic E-state index is 14.0. The molecule has 4 nitrogen and oxygen atoms in total. The molecule has 2 aliphatic heterocycles. The number of hydrogen-bond donors (Lipinski definition) is 0. The molecule has 1 saturated heterocycles. The Kier molecular flexibility index (Phi) is 7.43. The van der Waals surface area contributed by atoms with E-state index < -0.39 is 0 Å². The van der Waals surface area contributed by atoms with Gasteiger partial charge >= 0.3 is 0 Å². The first-order valence-electron chi connectivity index (χ1n) is 13.2. The molecule has 2 atom stereocenters. The predicted octanol–water partition coefficient (Wildman–Crippen LogP) is 6.61. The topological polar surface area (TPSA) is 35.9 Å². The van der Waals surface area contributed by atoms with E-state index in [2.05, 4.69) is 84.3 Å². The Labute approximate surface area is 215 Å². The summed E-state index contributed by atoms with van der Waals surface area (Å²) in [7, 11) is 0. The maximum Gasteiger partial charge on any atom is 0.245 e. The number of benzene rings is 3. The molecule has 2 heterocycles. The number of hydrogen-bond acceptors (Lipinski definition) is 3. The smallest absolute Gasteiger partial charge is 0.245 e. The molecule has 0 unspecified atom stereocenters. The van der Waals surface area contributed by atoms with Gasteiger partial charge in [-0.2, -0.15) is 0 Å². The molecule has 3 aromatic carbocycles. The summed E-state index contributed by atoms with van der Waals surface area (Å²) in [5, 5.41) is 0. The van der Waals surface area contributed by atoms with Crippen molar-refractivity contribution < 1.29 is 4.79 Å². The van der Waals surface area contributed by atoms with Crippen LogP contribution in [-0.2, 0) is 4.79 Å². The first-order chi connectivity index (χ1) is 17.7. The third-order valence-electron chi connectivity index (χ3n) is 7.57. The van der Waals surface area contributed by atoms with E-state index in [1.54, 1.807) is 0 Å². The molecular formula is C32H35N3O. The number of likely N-dealkylation sites (tertiary alicyclic amines) is 1. The summed E-state index contributed by atoms with van der Waals surface area (Å²) in [6.45, 7) is 6.75. The quantitative estimate of drug-likeness (QED) is 0.366. The fraction of sp³-hybridized carbons (Fsp3) is 0.312. The van der Waals surface area contributed by atoms with Gasteiger partial charge in [-0.3, -0.25) is 14.7 Å². The van der Waals surface area contributed by atoms with Crippen molar-refractivity contribution in [3.8, 4) is 11.1 Å². The lowest BCUT2D eigenvalue weighted by Gasteiger charge is -2.35. The lowest BCUT2D eigenvalue weighted by molar-refractivity contribution is -0.137. The van der Waals surface area contributed by atoms with Gasteiger partial charge in [-0.15, -0.1) is 0 Å². The van der Waals surface area contributed by atoms with Crippen molar-refractivity contribution in [2.75, 3.05) is 19.6 Å². The van der Waals surface area contributed by atoms with Crippen LogP contribution in [0.15, 0.2) is 96.1 Å². The lowest BCUT2D eigenvalue weighted by atomic mass is 9.96. The summed E-state index contributed by atoms with van der Waals surface area (Å²) in [6, 6.07) is 29.3. The summed E-state index contributed by atoms with van der Waals surface area (Å²) >= 11 is 0. The van der Waals surface area contributed by atoms with Gasteiger partial charge in [0, 0.05) is 24.9 Å². The highest BCUT2D eigenvalue weighted by Crippen LogP contribution is 2.33. The minimum atomic E-state index is -0.248. The van der Waals surface area contributed by atoms with Gasteiger partial charge in [0.05, 0.1) is 6.04 Å². The first kappa shape index (κ1) is 24.2. The Bertz CT molecular complexity index is 1230. The van der Waals surface area contributed by atoms with Crippen molar-refractivity contribution in [1.82, 2.24) is 9.80 Å². The molecule has 1 fully saturated rings. The molecular weight excluding hydrogens is 442 g/mol. The molecule has 184 valence electrons. The average molecular weight is 478 g/mol. The molecule has 3 aromatic rings. The number of amides is 1. The molecule has 36 heavy (non-hydrogen) atoms. The van der Waals surface area contributed by atoms with Gasteiger partial charge in [-0.25, -0.2) is 0 Å². The minimum Gasteiger partial charge on any atom is -0.333 e. The van der Waals surface area contributed by atoms with E-state index in [4.69, 9.17) is 4.99 Å². The second-order valence-corrected chi connectivity index (χ2v) is 9.62. The van der Waals surface area contributed by atoms with Gasteiger partial charge in [0.1, 0.15) is 6.04 Å². The van der Waals surface area contributed by atoms with Gasteiger partial charge in [0.25, 0.3) is 0 Å². The summed E-state index contributed by atoms with van der Waals surface area (Å²) in [6.07, 6.45) is 4.82. The summed E-state index contributed by atoms with van der Waals surface area (Å²) in [5.74, 6) is 0.204. The first-order valence-corrected chi connectivity index (χ1v) is 13.2. The van der Waals surface area contributed by atoms with E-state index in [1.165, 1.54) is 22.3 Å². The van der Waals surface area contributed by atoms with Crippen LogP contribution in [-0.4, -0.2) is 47.1 Å². The molecule has 4 heteroatoms. The summed E-state index contributed by atoms with van der Waals surface area (Å²) in [4.78, 5) is 23.2. The van der Waals surface area contributed by atoms with Crippen molar-refractivity contribution >= 4 is 17.2 Å². The predicted molar refractivity (Wildman–Crippen MR) is 149 cm³/mol. The Morgan fingerprint density at radius 2 is 1.50 bits per heavy atom. The number of carbonyl (C=O) groups excluding carboxylic acids is 1. The van der Waals surface area contributed by atoms with E-state index in [9.17, 15) is 4.79 Å². The Morgan fingerprint density at radius 3 is 2.17 bits per heavy atom. The fourth-order valence-electron chi connectivity index (χ4n) is 5.60. The molecule has 0 spiro atoms. The highest BCUT2D eigenvalue weighted by molar-refractivity contribution is 6.03. The number of allylic oxidation sites excluding steroid dienone is 1. The third kappa shape index (κ3) is 4.91. The van der Waals surface area contributed by atoms with E-state index >= 15 is 0 Å². The van der Waals surface area contributed by atoms with Crippen molar-refractivity contribution in [3.63, 3.8) is 0 Å². The van der Waals surface area contributed by atoms with Crippen LogP contribution in [0.2, 0.25) is 0 Å². The van der Waals surface area contributed by atoms with Crippen molar-refractivity contribution in [3.05, 3.63) is 102 Å². The van der Waals surface area contributed by atoms with Crippen LogP contribution < -0.4 is 0 Å². The Hall–Kier alpha value is -3.50. The number of aliphatic imine (C=N–C) groups is 1. The van der Waals surface area contributed by atoms with Crippen molar-refractivity contribution in [2.45, 2.75) is 45.2 Å². The van der Waals surface area contributed by atoms with Crippen LogP contribution >= 0.6 is 0 Å². The van der Waals surface area contributed by atoms with E-state index in [0.717, 1.165) is 50.2 Å². The van der Waals surface area contributed by atoms with Crippen LogP contribution in [0.3, 0.4) is 0 Å². The molecule has 2 aliphatic rings. The second kappa shape index (κ2) is 11.0. The highest BCUT2D eigenvalue weighted by Gasteiger charge is 2.38. The number of carbonyl (C=O) groups is 1. The van der Waals surface area contributed by atoms with Crippen LogP contribution in [0.5, 0.6) is 0 Å². The number of rotatable bonds is 8. The van der Waals surface area contributed by atoms with Gasteiger partial charge in [0.2, 0.25) is 5.91 Å². The fourth-order valence-corrected chi connectivity index (χ4v) is 5.60. The zero-order valence-corrected chi connectivity index (χ0v) is 21.3. The SMILES string of the molecule is CCN(CC)[C@H](C(=O)N1CCC[C@H]1C1=NC=C(c2ccc(-c3ccccc3)cc2)C1)c1ccccc1. The molecule has 1 amide bonds. The van der Waals surface area contributed by atoms with Crippen LogP contribution in [0, 0.1) is 0 Å². The van der Waals surface area contributed by atoms with E-state index in [1.807, 2.05) is 30.5 Å². The number of likely N-dealkylation sites (N-methyl/N-ethyl adjacent to an activating group) is 1. The molecule has 0 bridgehead atoms. The standard InChI is InChI=1S/C32H35N3O/c1-3-34(4-2)31(27-14-9-6-10-15-27)32(36)35-21-11-16-30(35)29-22-28(23-33-29)26-19-17-25(18-20-26)24-12-7-5-8-13-24/h5-10,12-15,17-20,23,30-31H,3-4,11,16,21-22H2,1-2H3/t30-,31-/m0/s1. The van der Waals surface area contributed by atoms with E-state index in [-0.39, 0.29) is 18.0 Å². The second-order valence-electron chi connectivity index (χ2n) is 9.62. The normalized spacial score (nSPS) is 18.3. The summed E-state index contributed by atoms with van der Waals surface area (Å²) in [5.41, 5.74) is 7.07. The van der Waals surface area contributed by atoms with Gasteiger partial charge in [-0.1, -0.05) is 98.8 Å². The summed E-state index contributed by atoms with van der Waals surface area (Å²) < 4.78 is 0. The van der Waals surface area contributed by atoms with Gasteiger partial charge in [-0.05, 0) is 53.8 Å². The van der Waals surface area contributed by atoms with Gasteiger partial charge < -0.3 is 4.90 Å². The average Bonchev–Trinajstić information content (AvgIpc) is 3.63. The zero-order chi connectivity index (χ0) is 24.9. The lowest BCUT2D eigenvalue weighted by Crippen LogP contribution is -2.47. The minimum absolute atomic E-state index is 0.0802. The van der Waals surface area contributed by atoms with Crippen LogP contribution in [0.25, 0.3) is 16.7 Å². The molecule has 0 radical (unpaired) electrons. The van der Waals surface area contributed by atoms with Crippen molar-refractivity contribution in [2.24, 2.45) is 4.99 Å². The monoisotopic (exact) mass is 477 g/mol. The van der Waals surface area contributed by atoms with Crippen LogP contribution in [0.1, 0.15) is 50.3 Å². The maximum atomic E-state index is 14.0. The highest BCUT2D eigenvalue weighted by atomic mass is 16.2. The van der Waals surface area contributed by atoms with Gasteiger partial charge in [0.15, 0.2) is 0 Å². The van der Waals surface area contributed by atoms with E-state index in [0.29, 0.717) is 0 Å².